The van der Waals surface area contributed by atoms with Gasteiger partial charge in [-0.05, 0) is 36.9 Å². The van der Waals surface area contributed by atoms with E-state index in [4.69, 9.17) is 5.73 Å². The van der Waals surface area contributed by atoms with Crippen LogP contribution >= 0.6 is 0 Å². The van der Waals surface area contributed by atoms with Crippen LogP contribution in [0, 0.1) is 0 Å². The van der Waals surface area contributed by atoms with Crippen molar-refractivity contribution in [3.8, 4) is 0 Å². The number of para-hydroxylation sites is 1. The average Bonchev–Trinajstić information content (AvgIpc) is 2.62. The van der Waals surface area contributed by atoms with Gasteiger partial charge in [0.25, 0.3) is 5.56 Å². The number of nitrogens with one attached hydrogen (secondary N) is 2. The van der Waals surface area contributed by atoms with Crippen molar-refractivity contribution in [2.45, 2.75) is 38.3 Å². The van der Waals surface area contributed by atoms with Crippen LogP contribution in [0.2, 0.25) is 0 Å². The second kappa shape index (κ2) is 8.27. The summed E-state index contributed by atoms with van der Waals surface area (Å²) in [5.74, 6) is -0.00317. The smallest absolute Gasteiger partial charge is 0.252 e. The fourth-order valence-electron chi connectivity index (χ4n) is 3.48. The Kier molecular flexibility index (Phi) is 5.83. The molecule has 1 aliphatic rings. The second-order valence-corrected chi connectivity index (χ2v) is 6.67. The molecular weight excluding hydrogens is 316 g/mol. The minimum atomic E-state index is -0.0322. The average molecular weight is 342 g/mol. The number of hydrogen-bond acceptors (Lipinski definition) is 4. The van der Waals surface area contributed by atoms with Gasteiger partial charge in [-0.3, -0.25) is 14.5 Å². The Morgan fingerprint density at radius 3 is 3.00 bits per heavy atom. The molecule has 134 valence electrons. The summed E-state index contributed by atoms with van der Waals surface area (Å²) >= 11 is 0. The number of aromatic nitrogens is 1. The molecule has 3 rings (SSSR count). The third-order valence-corrected chi connectivity index (χ3v) is 4.86. The minimum absolute atomic E-state index is 0.00317. The maximum Gasteiger partial charge on any atom is 0.252 e. The summed E-state index contributed by atoms with van der Waals surface area (Å²) in [4.78, 5) is 29.4. The fourth-order valence-corrected chi connectivity index (χ4v) is 3.48. The molecule has 25 heavy (non-hydrogen) atoms. The zero-order valence-corrected chi connectivity index (χ0v) is 14.5. The van der Waals surface area contributed by atoms with Crippen LogP contribution in [0.25, 0.3) is 10.9 Å². The van der Waals surface area contributed by atoms with Crippen molar-refractivity contribution in [3.05, 3.63) is 46.2 Å². The van der Waals surface area contributed by atoms with Crippen LogP contribution in [-0.4, -0.2) is 41.5 Å². The van der Waals surface area contributed by atoms with Gasteiger partial charge in [0.05, 0.1) is 0 Å². The topological polar surface area (TPSA) is 91.2 Å². The number of carbonyl (C=O) groups is 1. The number of hydrogen-bond donors (Lipinski definition) is 3. The highest BCUT2D eigenvalue weighted by molar-refractivity contribution is 5.78. The van der Waals surface area contributed by atoms with Gasteiger partial charge >= 0.3 is 0 Å². The molecule has 0 aliphatic carbocycles. The minimum Gasteiger partial charge on any atom is -0.354 e. The van der Waals surface area contributed by atoms with Crippen molar-refractivity contribution in [1.82, 2.24) is 15.2 Å². The third-order valence-electron chi connectivity index (χ3n) is 4.86. The SMILES string of the molecule is NCCC(=O)NCC1CCCCN1Cc1cc2ccccc2[nH]c1=O. The first-order chi connectivity index (χ1) is 12.2. The van der Waals surface area contributed by atoms with Crippen LogP contribution < -0.4 is 16.6 Å². The molecule has 6 heteroatoms. The number of piperidine rings is 1. The summed E-state index contributed by atoms with van der Waals surface area (Å²) in [6.45, 7) is 2.54. The predicted molar refractivity (Wildman–Crippen MR) is 99.3 cm³/mol. The number of likely N-dealkylation sites (tertiary alicyclic amines) is 1. The van der Waals surface area contributed by atoms with Crippen molar-refractivity contribution in [2.24, 2.45) is 5.73 Å². The van der Waals surface area contributed by atoms with Gasteiger partial charge in [0.2, 0.25) is 5.91 Å². The van der Waals surface area contributed by atoms with Crippen molar-refractivity contribution in [2.75, 3.05) is 19.6 Å². The molecular formula is C19H26N4O2. The zero-order valence-electron chi connectivity index (χ0n) is 14.5. The maximum atomic E-state index is 12.4. The van der Waals surface area contributed by atoms with Gasteiger partial charge in [-0.2, -0.15) is 0 Å². The molecule has 1 aliphatic heterocycles. The summed E-state index contributed by atoms with van der Waals surface area (Å²) in [7, 11) is 0. The maximum absolute atomic E-state index is 12.4. The van der Waals surface area contributed by atoms with Crippen LogP contribution in [0.5, 0.6) is 0 Å². The van der Waals surface area contributed by atoms with E-state index in [1.807, 2.05) is 30.3 Å². The standard InChI is InChI=1S/C19H26N4O2/c20-9-8-18(24)21-12-16-6-3-4-10-23(16)13-15-11-14-5-1-2-7-17(14)22-19(15)25/h1-2,5,7,11,16H,3-4,6,8-10,12-13,20H2,(H,21,24)(H,22,25). The molecule has 1 fully saturated rings. The predicted octanol–water partition coefficient (Wildman–Crippen LogP) is 1.35. The van der Waals surface area contributed by atoms with E-state index in [2.05, 4.69) is 15.2 Å². The largest absolute Gasteiger partial charge is 0.354 e. The quantitative estimate of drug-likeness (QED) is 0.739. The van der Waals surface area contributed by atoms with E-state index in [1.165, 1.54) is 0 Å². The van der Waals surface area contributed by atoms with Crippen molar-refractivity contribution >= 4 is 16.8 Å². The molecule has 1 unspecified atom stereocenters. The van der Waals surface area contributed by atoms with E-state index in [9.17, 15) is 9.59 Å². The molecule has 2 aromatic rings. The Bertz CT molecular complexity index is 786. The number of nitrogens with two attached hydrogens (primary N) is 1. The Balaban J connectivity index is 1.72. The molecule has 0 saturated carbocycles. The van der Waals surface area contributed by atoms with Gasteiger partial charge in [-0.1, -0.05) is 24.6 Å². The first kappa shape index (κ1) is 17.6. The normalized spacial score (nSPS) is 18.4. The molecule has 6 nitrogen and oxygen atoms in total. The van der Waals surface area contributed by atoms with E-state index in [0.29, 0.717) is 26.1 Å². The van der Waals surface area contributed by atoms with Crippen molar-refractivity contribution in [1.29, 1.82) is 0 Å². The highest BCUT2D eigenvalue weighted by Crippen LogP contribution is 2.19. The molecule has 1 aromatic heterocycles. The van der Waals surface area contributed by atoms with E-state index in [-0.39, 0.29) is 17.5 Å². The van der Waals surface area contributed by atoms with Gasteiger partial charge in [-0.15, -0.1) is 0 Å². The monoisotopic (exact) mass is 342 g/mol. The Morgan fingerprint density at radius 2 is 2.16 bits per heavy atom. The lowest BCUT2D eigenvalue weighted by molar-refractivity contribution is -0.121. The first-order valence-electron chi connectivity index (χ1n) is 8.99. The number of nitrogens with zero attached hydrogens (tertiary/aromatic N) is 1. The Morgan fingerprint density at radius 1 is 1.32 bits per heavy atom. The van der Waals surface area contributed by atoms with Gasteiger partial charge < -0.3 is 16.0 Å². The third kappa shape index (κ3) is 4.46. The molecule has 0 spiro atoms. The molecule has 1 aromatic carbocycles. The lowest BCUT2D eigenvalue weighted by Gasteiger charge is -2.35. The molecule has 0 radical (unpaired) electrons. The van der Waals surface area contributed by atoms with E-state index < -0.39 is 0 Å². The second-order valence-electron chi connectivity index (χ2n) is 6.67. The molecule has 1 atom stereocenters. The van der Waals surface area contributed by atoms with Crippen LogP contribution in [0.4, 0.5) is 0 Å². The summed E-state index contributed by atoms with van der Waals surface area (Å²) in [6.07, 6.45) is 3.67. The number of carbonyl (C=O) groups excluding carboxylic acids is 1. The summed E-state index contributed by atoms with van der Waals surface area (Å²) < 4.78 is 0. The lowest BCUT2D eigenvalue weighted by Crippen LogP contribution is -2.47. The highest BCUT2D eigenvalue weighted by Gasteiger charge is 2.23. The zero-order chi connectivity index (χ0) is 17.6. The number of fused-ring (bicyclic) bond motifs is 1. The number of benzene rings is 1. The van der Waals surface area contributed by atoms with Crippen LogP contribution in [0.1, 0.15) is 31.2 Å². The summed E-state index contributed by atoms with van der Waals surface area (Å²) in [5.41, 5.74) is 7.03. The summed E-state index contributed by atoms with van der Waals surface area (Å²) in [5, 5.41) is 4.01. The molecule has 0 bridgehead atoms. The van der Waals surface area contributed by atoms with E-state index >= 15 is 0 Å². The first-order valence-corrected chi connectivity index (χ1v) is 8.99. The number of aromatic amines is 1. The van der Waals surface area contributed by atoms with Crippen LogP contribution in [-0.2, 0) is 11.3 Å². The van der Waals surface area contributed by atoms with E-state index in [1.54, 1.807) is 0 Å². The molecule has 2 heterocycles. The van der Waals surface area contributed by atoms with E-state index in [0.717, 1.165) is 42.3 Å². The van der Waals surface area contributed by atoms with Gasteiger partial charge in [0.1, 0.15) is 0 Å². The lowest BCUT2D eigenvalue weighted by atomic mass is 10.0. The van der Waals surface area contributed by atoms with Gasteiger partial charge in [0.15, 0.2) is 0 Å². The van der Waals surface area contributed by atoms with Crippen LogP contribution in [0.3, 0.4) is 0 Å². The van der Waals surface area contributed by atoms with Crippen molar-refractivity contribution in [3.63, 3.8) is 0 Å². The molecule has 1 amide bonds. The number of amides is 1. The van der Waals surface area contributed by atoms with Crippen LogP contribution in [0.15, 0.2) is 35.1 Å². The Hall–Kier alpha value is -2.18. The number of H-pyrrole nitrogens is 1. The molecule has 4 N–H and O–H groups in total. The van der Waals surface area contributed by atoms with Crippen molar-refractivity contribution < 1.29 is 4.79 Å². The highest BCUT2D eigenvalue weighted by atomic mass is 16.1. The number of pyridine rings is 1. The Labute approximate surface area is 147 Å². The number of rotatable bonds is 6. The van der Waals surface area contributed by atoms with Gasteiger partial charge in [0, 0.05) is 43.2 Å². The fraction of sp³-hybridized carbons (Fsp3) is 0.474. The van der Waals surface area contributed by atoms with Gasteiger partial charge in [-0.25, -0.2) is 0 Å². The molecule has 1 saturated heterocycles. The summed E-state index contributed by atoms with van der Waals surface area (Å²) in [6, 6.07) is 10.1.